The average Bonchev–Trinajstić information content (AvgIpc) is 3.26. The molecule has 1 atom stereocenters. The number of nitrogens with one attached hydrogen (secondary N) is 2. The molecular formula is C25H29N3O. The standard InChI is InChI=1S/C25H29N3O/c1-19(23-10-6-8-21-7-2-3-9-24(21)23)26-17-25(29)27-22-13-11-20(12-14-22)18-28-15-4-5-16-28/h2-3,6-14,19,26H,4-5,15-18H2,1H3,(H,27,29). The molecule has 3 aromatic rings. The van der Waals surface area contributed by atoms with E-state index in [1.54, 1.807) is 0 Å². The lowest BCUT2D eigenvalue weighted by Crippen LogP contribution is -2.30. The third-order valence-corrected chi connectivity index (χ3v) is 5.70. The van der Waals surface area contributed by atoms with Gasteiger partial charge in [0.25, 0.3) is 0 Å². The number of hydrogen-bond acceptors (Lipinski definition) is 3. The second kappa shape index (κ2) is 9.21. The molecule has 4 rings (SSSR count). The minimum Gasteiger partial charge on any atom is -0.325 e. The molecule has 0 aliphatic carbocycles. The van der Waals surface area contributed by atoms with Crippen LogP contribution in [0.2, 0.25) is 0 Å². The minimum atomic E-state index is -0.0237. The van der Waals surface area contributed by atoms with Gasteiger partial charge in [0.2, 0.25) is 5.91 Å². The molecule has 29 heavy (non-hydrogen) atoms. The van der Waals surface area contributed by atoms with E-state index in [4.69, 9.17) is 0 Å². The fourth-order valence-electron chi connectivity index (χ4n) is 4.08. The summed E-state index contributed by atoms with van der Waals surface area (Å²) < 4.78 is 0. The van der Waals surface area contributed by atoms with Gasteiger partial charge in [-0.15, -0.1) is 0 Å². The zero-order valence-electron chi connectivity index (χ0n) is 17.0. The summed E-state index contributed by atoms with van der Waals surface area (Å²) in [6, 6.07) is 23.0. The van der Waals surface area contributed by atoms with Crippen molar-refractivity contribution in [3.8, 4) is 0 Å². The highest BCUT2D eigenvalue weighted by Gasteiger charge is 2.13. The van der Waals surface area contributed by atoms with Crippen LogP contribution in [0.4, 0.5) is 5.69 Å². The molecule has 0 aromatic heterocycles. The van der Waals surface area contributed by atoms with Crippen molar-refractivity contribution in [2.24, 2.45) is 0 Å². The van der Waals surface area contributed by atoms with Gasteiger partial charge in [0.1, 0.15) is 0 Å². The highest BCUT2D eigenvalue weighted by atomic mass is 16.1. The molecular weight excluding hydrogens is 358 g/mol. The van der Waals surface area contributed by atoms with E-state index in [9.17, 15) is 4.79 Å². The van der Waals surface area contributed by atoms with Gasteiger partial charge in [0.05, 0.1) is 6.54 Å². The quantitative estimate of drug-likeness (QED) is 0.616. The summed E-state index contributed by atoms with van der Waals surface area (Å²) in [5.74, 6) is -0.0237. The van der Waals surface area contributed by atoms with E-state index in [2.05, 4.69) is 71.0 Å². The van der Waals surface area contributed by atoms with Gasteiger partial charge in [-0.2, -0.15) is 0 Å². The highest BCUT2D eigenvalue weighted by Crippen LogP contribution is 2.24. The molecule has 150 valence electrons. The van der Waals surface area contributed by atoms with Gasteiger partial charge in [-0.05, 0) is 66.9 Å². The summed E-state index contributed by atoms with van der Waals surface area (Å²) in [5.41, 5.74) is 3.36. The third-order valence-electron chi connectivity index (χ3n) is 5.70. The first-order chi connectivity index (χ1) is 14.2. The Bertz CT molecular complexity index is 956. The van der Waals surface area contributed by atoms with E-state index in [0.29, 0.717) is 0 Å². The van der Waals surface area contributed by atoms with Crippen molar-refractivity contribution >= 4 is 22.4 Å². The summed E-state index contributed by atoms with van der Waals surface area (Å²) in [6.07, 6.45) is 2.61. The molecule has 1 fully saturated rings. The molecule has 0 bridgehead atoms. The summed E-state index contributed by atoms with van der Waals surface area (Å²) >= 11 is 0. The molecule has 4 heteroatoms. The maximum Gasteiger partial charge on any atom is 0.238 e. The van der Waals surface area contributed by atoms with Crippen LogP contribution in [0.1, 0.15) is 36.9 Å². The van der Waals surface area contributed by atoms with Crippen LogP contribution in [0.15, 0.2) is 66.7 Å². The second-order valence-electron chi connectivity index (χ2n) is 7.90. The van der Waals surface area contributed by atoms with Crippen molar-refractivity contribution < 1.29 is 4.79 Å². The van der Waals surface area contributed by atoms with Crippen molar-refractivity contribution in [3.63, 3.8) is 0 Å². The third kappa shape index (κ3) is 5.03. The smallest absolute Gasteiger partial charge is 0.238 e. The van der Waals surface area contributed by atoms with Crippen LogP contribution >= 0.6 is 0 Å². The number of rotatable bonds is 7. The number of amides is 1. The molecule has 4 nitrogen and oxygen atoms in total. The molecule has 1 saturated heterocycles. The Morgan fingerprint density at radius 1 is 0.966 bits per heavy atom. The molecule has 1 aliphatic heterocycles. The molecule has 3 aromatic carbocycles. The predicted molar refractivity (Wildman–Crippen MR) is 120 cm³/mol. The molecule has 0 radical (unpaired) electrons. The molecule has 1 amide bonds. The molecule has 1 heterocycles. The van der Waals surface area contributed by atoms with Crippen LogP contribution in [0.25, 0.3) is 10.8 Å². The van der Waals surface area contributed by atoms with Gasteiger partial charge in [-0.1, -0.05) is 54.6 Å². The number of anilines is 1. The first-order valence-electron chi connectivity index (χ1n) is 10.5. The van der Waals surface area contributed by atoms with Crippen LogP contribution in [-0.4, -0.2) is 30.4 Å². The van der Waals surface area contributed by atoms with E-state index in [1.165, 1.54) is 47.8 Å². The van der Waals surface area contributed by atoms with Gasteiger partial charge in [-0.3, -0.25) is 9.69 Å². The van der Waals surface area contributed by atoms with Gasteiger partial charge in [-0.25, -0.2) is 0 Å². The fraction of sp³-hybridized carbons (Fsp3) is 0.320. The summed E-state index contributed by atoms with van der Waals surface area (Å²) in [6.45, 7) is 5.76. The number of nitrogens with zero attached hydrogens (tertiary/aromatic N) is 1. The topological polar surface area (TPSA) is 44.4 Å². The minimum absolute atomic E-state index is 0.0237. The van der Waals surface area contributed by atoms with E-state index in [-0.39, 0.29) is 18.5 Å². The Labute approximate surface area is 172 Å². The zero-order valence-corrected chi connectivity index (χ0v) is 17.0. The highest BCUT2D eigenvalue weighted by molar-refractivity contribution is 5.92. The van der Waals surface area contributed by atoms with E-state index in [0.717, 1.165) is 12.2 Å². The van der Waals surface area contributed by atoms with Gasteiger partial charge < -0.3 is 10.6 Å². The fourth-order valence-corrected chi connectivity index (χ4v) is 4.08. The lowest BCUT2D eigenvalue weighted by atomic mass is 10.00. The number of benzene rings is 3. The summed E-state index contributed by atoms with van der Waals surface area (Å²) in [4.78, 5) is 14.9. The van der Waals surface area contributed by atoms with Crippen LogP contribution < -0.4 is 10.6 Å². The molecule has 0 spiro atoms. The van der Waals surface area contributed by atoms with Gasteiger partial charge in [0.15, 0.2) is 0 Å². The lowest BCUT2D eigenvalue weighted by Gasteiger charge is -2.17. The SMILES string of the molecule is CC(NCC(=O)Nc1ccc(CN2CCCC2)cc1)c1cccc2ccccc12. The molecule has 1 unspecified atom stereocenters. The van der Waals surface area contributed by atoms with E-state index < -0.39 is 0 Å². The molecule has 2 N–H and O–H groups in total. The Morgan fingerprint density at radius 3 is 2.48 bits per heavy atom. The van der Waals surface area contributed by atoms with Crippen molar-refractivity contribution in [2.75, 3.05) is 25.0 Å². The average molecular weight is 388 g/mol. The first kappa shape index (κ1) is 19.6. The Kier molecular flexibility index (Phi) is 6.23. The normalized spacial score (nSPS) is 15.5. The second-order valence-corrected chi connectivity index (χ2v) is 7.90. The first-order valence-corrected chi connectivity index (χ1v) is 10.5. The van der Waals surface area contributed by atoms with Crippen molar-refractivity contribution in [1.82, 2.24) is 10.2 Å². The molecule has 0 saturated carbocycles. The van der Waals surface area contributed by atoms with Crippen molar-refractivity contribution in [1.29, 1.82) is 0 Å². The number of carbonyl (C=O) groups excluding carboxylic acids is 1. The summed E-state index contributed by atoms with van der Waals surface area (Å²) in [5, 5.41) is 8.79. The lowest BCUT2D eigenvalue weighted by molar-refractivity contribution is -0.115. The van der Waals surface area contributed by atoms with Gasteiger partial charge in [0, 0.05) is 18.3 Å². The number of fused-ring (bicyclic) bond motifs is 1. The summed E-state index contributed by atoms with van der Waals surface area (Å²) in [7, 11) is 0. The van der Waals surface area contributed by atoms with Gasteiger partial charge >= 0.3 is 0 Å². The largest absolute Gasteiger partial charge is 0.325 e. The van der Waals surface area contributed by atoms with E-state index >= 15 is 0 Å². The Balaban J connectivity index is 1.30. The van der Waals surface area contributed by atoms with Crippen molar-refractivity contribution in [2.45, 2.75) is 32.4 Å². The van der Waals surface area contributed by atoms with E-state index in [1.807, 2.05) is 18.2 Å². The monoisotopic (exact) mass is 387 g/mol. The van der Waals surface area contributed by atoms with Crippen LogP contribution in [0, 0.1) is 0 Å². The van der Waals surface area contributed by atoms with Crippen molar-refractivity contribution in [3.05, 3.63) is 77.9 Å². The maximum atomic E-state index is 12.4. The van der Waals surface area contributed by atoms with Crippen LogP contribution in [-0.2, 0) is 11.3 Å². The predicted octanol–water partition coefficient (Wildman–Crippen LogP) is 4.72. The Hall–Kier alpha value is -2.69. The van der Waals surface area contributed by atoms with Crippen LogP contribution in [0.5, 0.6) is 0 Å². The number of carbonyl (C=O) groups is 1. The number of likely N-dealkylation sites (tertiary alicyclic amines) is 1. The zero-order chi connectivity index (χ0) is 20.1. The number of hydrogen-bond donors (Lipinski definition) is 2. The van der Waals surface area contributed by atoms with Crippen LogP contribution in [0.3, 0.4) is 0 Å². The Morgan fingerprint density at radius 2 is 1.69 bits per heavy atom. The molecule has 1 aliphatic rings. The maximum absolute atomic E-state index is 12.4.